The fourth-order valence-corrected chi connectivity index (χ4v) is 3.79. The van der Waals surface area contributed by atoms with Gasteiger partial charge in [-0.1, -0.05) is 35.3 Å². The van der Waals surface area contributed by atoms with E-state index in [-0.39, 0.29) is 11.9 Å². The largest absolute Gasteiger partial charge is 0.421 e. The number of hydrogen-bond acceptors (Lipinski definition) is 4. The second-order valence-corrected chi connectivity index (χ2v) is 7.55. The molecule has 0 bridgehead atoms. The van der Waals surface area contributed by atoms with Crippen molar-refractivity contribution in [1.82, 2.24) is 19.6 Å². The minimum Gasteiger partial charge on any atom is -0.270 e. The van der Waals surface area contributed by atoms with Crippen molar-refractivity contribution in [3.63, 3.8) is 0 Å². The SMILES string of the molecule is Cc1nn(C2=[N+](CCc3ccccc3)C3C(=O)N(C)C(=O)N(C)C3=N2)c(C)c1C. The van der Waals surface area contributed by atoms with Gasteiger partial charge >= 0.3 is 12.0 Å². The summed E-state index contributed by atoms with van der Waals surface area (Å²) in [5.41, 5.74) is 4.15. The van der Waals surface area contributed by atoms with E-state index in [2.05, 4.69) is 17.2 Å². The molecule has 1 unspecified atom stereocenters. The average molecular weight is 393 g/mol. The van der Waals surface area contributed by atoms with Crippen molar-refractivity contribution in [3.05, 3.63) is 52.8 Å². The van der Waals surface area contributed by atoms with Gasteiger partial charge in [-0.15, -0.1) is 9.78 Å². The summed E-state index contributed by atoms with van der Waals surface area (Å²) >= 11 is 0. The van der Waals surface area contributed by atoms with E-state index in [1.807, 2.05) is 43.5 Å². The lowest BCUT2D eigenvalue weighted by molar-refractivity contribution is -0.536. The fraction of sp³-hybridized carbons (Fsp3) is 0.381. The molecular formula is C21H25N6O2+. The number of likely N-dealkylation sites (N-methyl/N-ethyl adjacent to an activating group) is 2. The van der Waals surface area contributed by atoms with Crippen LogP contribution >= 0.6 is 0 Å². The molecule has 29 heavy (non-hydrogen) atoms. The summed E-state index contributed by atoms with van der Waals surface area (Å²) in [6, 6.07) is 9.11. The zero-order chi connectivity index (χ0) is 20.9. The number of imide groups is 1. The Morgan fingerprint density at radius 2 is 1.72 bits per heavy atom. The predicted octanol–water partition coefficient (Wildman–Crippen LogP) is 1.57. The molecule has 3 amide bonds. The van der Waals surface area contributed by atoms with Gasteiger partial charge in [-0.3, -0.25) is 14.6 Å². The number of hydrogen-bond donors (Lipinski definition) is 0. The molecule has 4 rings (SSSR count). The van der Waals surface area contributed by atoms with E-state index in [1.165, 1.54) is 17.5 Å². The normalized spacial score (nSPS) is 19.2. The second kappa shape index (κ2) is 6.95. The Hall–Kier alpha value is -3.29. The molecule has 150 valence electrons. The molecule has 0 radical (unpaired) electrons. The minimum atomic E-state index is -0.634. The Labute approximate surface area is 169 Å². The van der Waals surface area contributed by atoms with Gasteiger partial charge in [0.05, 0.1) is 12.2 Å². The lowest BCUT2D eigenvalue weighted by Gasteiger charge is -2.31. The van der Waals surface area contributed by atoms with Gasteiger partial charge < -0.3 is 0 Å². The molecule has 2 aliphatic heterocycles. The van der Waals surface area contributed by atoms with Crippen LogP contribution in [0.4, 0.5) is 4.79 Å². The lowest BCUT2D eigenvalue weighted by atomic mass is 10.1. The van der Waals surface area contributed by atoms with Gasteiger partial charge in [-0.05, 0) is 26.3 Å². The highest BCUT2D eigenvalue weighted by atomic mass is 16.2. The van der Waals surface area contributed by atoms with Crippen molar-refractivity contribution < 1.29 is 14.2 Å². The molecule has 8 heteroatoms. The number of fused-ring (bicyclic) bond motifs is 1. The number of aliphatic imine (C=N–C) groups is 1. The molecule has 0 saturated carbocycles. The summed E-state index contributed by atoms with van der Waals surface area (Å²) in [6.45, 7) is 6.54. The standard InChI is InChI=1S/C21H25N6O2/c1-13-14(2)23-27(15(13)3)20-22-18-17(19(28)25(5)21(29)24(18)4)26(20)12-11-16-9-7-6-8-10-16/h6-10,17H,11-12H2,1-5H3/q+1. The molecule has 1 aromatic carbocycles. The molecule has 8 nitrogen and oxygen atoms in total. The topological polar surface area (TPSA) is 73.8 Å². The van der Waals surface area contributed by atoms with Crippen molar-refractivity contribution in [1.29, 1.82) is 0 Å². The predicted molar refractivity (Wildman–Crippen MR) is 109 cm³/mol. The summed E-state index contributed by atoms with van der Waals surface area (Å²) in [5, 5.41) is 4.65. The van der Waals surface area contributed by atoms with Crippen LogP contribution in [-0.4, -0.2) is 74.6 Å². The first kappa shape index (κ1) is 19.0. The first-order valence-corrected chi connectivity index (χ1v) is 9.65. The number of nitrogens with zero attached hydrogens (tertiary/aromatic N) is 6. The number of benzene rings is 1. The summed E-state index contributed by atoms with van der Waals surface area (Å²) in [7, 11) is 3.17. The molecule has 0 N–H and O–H groups in total. The maximum atomic E-state index is 13.0. The van der Waals surface area contributed by atoms with Crippen molar-refractivity contribution in [3.8, 4) is 0 Å². The molecular weight excluding hydrogens is 368 g/mol. The van der Waals surface area contributed by atoms with E-state index < -0.39 is 6.04 Å². The highest BCUT2D eigenvalue weighted by molar-refractivity contribution is 6.22. The molecule has 1 saturated heterocycles. The van der Waals surface area contributed by atoms with Crippen LogP contribution in [-0.2, 0) is 11.2 Å². The van der Waals surface area contributed by atoms with E-state index in [0.717, 1.165) is 28.3 Å². The number of carbonyl (C=O) groups excluding carboxylic acids is 2. The third kappa shape index (κ3) is 2.95. The Balaban J connectivity index is 1.82. The van der Waals surface area contributed by atoms with Gasteiger partial charge in [0.15, 0.2) is 0 Å². The van der Waals surface area contributed by atoms with Crippen molar-refractivity contribution >= 4 is 23.7 Å². The van der Waals surface area contributed by atoms with E-state index in [4.69, 9.17) is 4.99 Å². The Morgan fingerprint density at radius 1 is 1.03 bits per heavy atom. The van der Waals surface area contributed by atoms with Crippen LogP contribution in [0.3, 0.4) is 0 Å². The third-order valence-corrected chi connectivity index (χ3v) is 5.84. The molecule has 2 aliphatic rings. The monoisotopic (exact) mass is 393 g/mol. The van der Waals surface area contributed by atoms with E-state index in [0.29, 0.717) is 18.3 Å². The zero-order valence-electron chi connectivity index (χ0n) is 17.4. The molecule has 1 fully saturated rings. The molecule has 0 spiro atoms. The van der Waals surface area contributed by atoms with Gasteiger partial charge in [-0.25, -0.2) is 9.37 Å². The smallest absolute Gasteiger partial charge is 0.270 e. The van der Waals surface area contributed by atoms with Crippen LogP contribution in [0.15, 0.2) is 35.3 Å². The van der Waals surface area contributed by atoms with Crippen molar-refractivity contribution in [2.24, 2.45) is 4.99 Å². The minimum absolute atomic E-state index is 0.270. The van der Waals surface area contributed by atoms with Gasteiger partial charge in [0, 0.05) is 26.1 Å². The van der Waals surface area contributed by atoms with E-state index in [1.54, 1.807) is 11.7 Å². The van der Waals surface area contributed by atoms with Crippen LogP contribution in [0, 0.1) is 20.8 Å². The highest BCUT2D eigenvalue weighted by Gasteiger charge is 2.52. The van der Waals surface area contributed by atoms with Crippen molar-refractivity contribution in [2.45, 2.75) is 33.2 Å². The molecule has 3 heterocycles. The van der Waals surface area contributed by atoms with Crippen LogP contribution in [0.2, 0.25) is 0 Å². The van der Waals surface area contributed by atoms with Crippen LogP contribution in [0.25, 0.3) is 0 Å². The average Bonchev–Trinajstić information content (AvgIpc) is 3.22. The first-order valence-electron chi connectivity index (χ1n) is 9.65. The summed E-state index contributed by atoms with van der Waals surface area (Å²) in [4.78, 5) is 32.8. The number of amides is 3. The molecule has 1 aromatic heterocycles. The Kier molecular flexibility index (Phi) is 4.56. The van der Waals surface area contributed by atoms with Crippen LogP contribution in [0.1, 0.15) is 22.5 Å². The van der Waals surface area contributed by atoms with Gasteiger partial charge in [0.1, 0.15) is 5.69 Å². The second-order valence-electron chi connectivity index (χ2n) is 7.55. The van der Waals surface area contributed by atoms with Crippen LogP contribution in [0.5, 0.6) is 0 Å². The fourth-order valence-electron chi connectivity index (χ4n) is 3.79. The number of aryl methyl sites for hydroxylation is 1. The molecule has 0 aliphatic carbocycles. The number of aromatic nitrogens is 2. The summed E-state index contributed by atoms with van der Waals surface area (Å²) < 4.78 is 3.75. The highest BCUT2D eigenvalue weighted by Crippen LogP contribution is 2.21. The lowest BCUT2D eigenvalue weighted by Crippen LogP contribution is -2.61. The summed E-state index contributed by atoms with van der Waals surface area (Å²) in [5.74, 6) is 0.762. The third-order valence-electron chi connectivity index (χ3n) is 5.84. The zero-order valence-corrected chi connectivity index (χ0v) is 17.4. The van der Waals surface area contributed by atoms with E-state index >= 15 is 0 Å². The van der Waals surface area contributed by atoms with E-state index in [9.17, 15) is 9.59 Å². The maximum absolute atomic E-state index is 13.0. The number of urea groups is 1. The summed E-state index contributed by atoms with van der Waals surface area (Å²) in [6.07, 6.45) is 0.747. The van der Waals surface area contributed by atoms with Crippen LogP contribution < -0.4 is 0 Å². The van der Waals surface area contributed by atoms with Crippen molar-refractivity contribution in [2.75, 3.05) is 20.6 Å². The first-order chi connectivity index (χ1) is 13.8. The molecule has 2 aromatic rings. The quantitative estimate of drug-likeness (QED) is 0.743. The number of carbonyl (C=O) groups is 2. The van der Waals surface area contributed by atoms with Gasteiger partial charge in [0.25, 0.3) is 5.91 Å². The maximum Gasteiger partial charge on any atom is 0.421 e. The Morgan fingerprint density at radius 3 is 2.34 bits per heavy atom. The number of amidine groups is 1. The Bertz CT molecular complexity index is 1070. The van der Waals surface area contributed by atoms with Gasteiger partial charge in [0.2, 0.25) is 11.9 Å². The van der Waals surface area contributed by atoms with Gasteiger partial charge in [-0.2, -0.15) is 0 Å². The number of rotatable bonds is 3. The molecule has 1 atom stereocenters.